The second-order valence-electron chi connectivity index (χ2n) is 5.14. The highest BCUT2D eigenvalue weighted by molar-refractivity contribution is 5.63. The lowest BCUT2D eigenvalue weighted by molar-refractivity contribution is 1.32. The molecule has 1 nitrogen and oxygen atoms in total. The quantitative estimate of drug-likeness (QED) is 0.497. The molecule has 0 spiro atoms. The van der Waals surface area contributed by atoms with Crippen molar-refractivity contribution in [3.8, 4) is 0 Å². The zero-order valence-corrected chi connectivity index (χ0v) is 15.1. The molecule has 0 unspecified atom stereocenters. The van der Waals surface area contributed by atoms with Crippen LogP contribution in [0.2, 0.25) is 0 Å². The summed E-state index contributed by atoms with van der Waals surface area (Å²) >= 11 is 0. The van der Waals surface area contributed by atoms with Gasteiger partial charge in [0.05, 0.1) is 0 Å². The van der Waals surface area contributed by atoms with Crippen molar-refractivity contribution in [3.05, 3.63) is 128 Å². The van der Waals surface area contributed by atoms with Gasteiger partial charge < -0.3 is 0 Å². The molecule has 1 heterocycles. The highest BCUT2D eigenvalue weighted by Crippen LogP contribution is 2.10. The van der Waals surface area contributed by atoms with Gasteiger partial charge in [-0.25, -0.2) is 0 Å². The predicted octanol–water partition coefficient (Wildman–Crippen LogP) is 7.03. The molecule has 26 heavy (non-hydrogen) atoms. The van der Waals surface area contributed by atoms with Crippen molar-refractivity contribution in [2.24, 2.45) is 0 Å². The first kappa shape index (κ1) is 20.6. The summed E-state index contributed by atoms with van der Waals surface area (Å²) < 4.78 is 0. The van der Waals surface area contributed by atoms with Gasteiger partial charge in [-0.2, -0.15) is 0 Å². The van der Waals surface area contributed by atoms with Crippen molar-refractivity contribution in [3.63, 3.8) is 0 Å². The third-order valence-corrected chi connectivity index (χ3v) is 3.41. The van der Waals surface area contributed by atoms with E-state index in [1.165, 1.54) is 5.56 Å². The number of nitrogens with zero attached hydrogens (tertiary/aromatic N) is 1. The smallest absolute Gasteiger partial charge is 0.0273 e. The molecule has 0 atom stereocenters. The summed E-state index contributed by atoms with van der Waals surface area (Å²) in [6.07, 6.45) is 10.8. The van der Waals surface area contributed by atoms with E-state index in [0.29, 0.717) is 0 Å². The molecule has 3 aromatic rings. The van der Waals surface area contributed by atoms with Gasteiger partial charge in [-0.05, 0) is 34.4 Å². The molecule has 1 aromatic heterocycles. The Kier molecular flexibility index (Phi) is 10.2. The van der Waals surface area contributed by atoms with Crippen LogP contribution in [0.1, 0.15) is 22.3 Å². The lowest BCUT2D eigenvalue weighted by Crippen LogP contribution is -1.76. The summed E-state index contributed by atoms with van der Waals surface area (Å²) in [6.45, 7) is 14.6. The minimum absolute atomic E-state index is 1.11. The van der Waals surface area contributed by atoms with E-state index in [4.69, 9.17) is 0 Å². The lowest BCUT2D eigenvalue weighted by atomic mass is 10.1. The van der Waals surface area contributed by atoms with Crippen molar-refractivity contribution < 1.29 is 0 Å². The first-order valence-electron chi connectivity index (χ1n) is 8.29. The van der Waals surface area contributed by atoms with Gasteiger partial charge in [0.25, 0.3) is 0 Å². The van der Waals surface area contributed by atoms with Crippen molar-refractivity contribution >= 4 is 24.3 Å². The van der Waals surface area contributed by atoms with Gasteiger partial charge in [-0.1, -0.05) is 105 Å². The van der Waals surface area contributed by atoms with Crippen molar-refractivity contribution in [1.82, 2.24) is 4.98 Å². The molecule has 0 aliphatic rings. The van der Waals surface area contributed by atoms with Gasteiger partial charge in [0.15, 0.2) is 0 Å². The van der Waals surface area contributed by atoms with Crippen LogP contribution in [0.15, 0.2) is 105 Å². The Balaban J connectivity index is 0.000000197. The zero-order chi connectivity index (χ0) is 19.0. The summed E-state index contributed by atoms with van der Waals surface area (Å²) in [5.41, 5.74) is 4.56. The van der Waals surface area contributed by atoms with Crippen LogP contribution in [-0.4, -0.2) is 4.98 Å². The number of pyridine rings is 1. The second kappa shape index (κ2) is 12.9. The second-order valence-corrected chi connectivity index (χ2v) is 5.14. The van der Waals surface area contributed by atoms with Crippen LogP contribution >= 0.6 is 0 Å². The van der Waals surface area contributed by atoms with E-state index >= 15 is 0 Å². The Morgan fingerprint density at radius 2 is 0.923 bits per heavy atom. The monoisotopic (exact) mass is 339 g/mol. The molecule has 0 amide bonds. The Labute approximate surface area is 157 Å². The Morgan fingerprint density at radius 3 is 1.27 bits per heavy atom. The maximum atomic E-state index is 3.85. The maximum absolute atomic E-state index is 3.85. The van der Waals surface area contributed by atoms with Crippen LogP contribution in [0.25, 0.3) is 24.3 Å². The van der Waals surface area contributed by atoms with Gasteiger partial charge in [0, 0.05) is 12.4 Å². The molecule has 0 aliphatic carbocycles. The van der Waals surface area contributed by atoms with Crippen LogP contribution in [-0.2, 0) is 0 Å². The zero-order valence-electron chi connectivity index (χ0n) is 15.1. The number of aromatic nitrogens is 1. The van der Waals surface area contributed by atoms with Crippen LogP contribution in [0.5, 0.6) is 0 Å². The summed E-state index contributed by atoms with van der Waals surface area (Å²) in [6, 6.07) is 21.9. The molecule has 2 aromatic carbocycles. The first-order chi connectivity index (χ1) is 12.7. The number of benzene rings is 2. The number of hydrogen-bond donors (Lipinski definition) is 0. The molecular weight excluding hydrogens is 314 g/mol. The predicted molar refractivity (Wildman–Crippen MR) is 117 cm³/mol. The summed E-state index contributed by atoms with van der Waals surface area (Å²) in [7, 11) is 0. The normalized spacial score (nSPS) is 8.62. The van der Waals surface area contributed by atoms with Gasteiger partial charge in [0.1, 0.15) is 0 Å². The number of rotatable bonds is 4. The van der Waals surface area contributed by atoms with Crippen LogP contribution in [0, 0.1) is 0 Å². The van der Waals surface area contributed by atoms with Gasteiger partial charge in [-0.15, -0.1) is 0 Å². The molecule has 0 saturated heterocycles. The summed E-state index contributed by atoms with van der Waals surface area (Å²) in [5.74, 6) is 0. The van der Waals surface area contributed by atoms with Crippen LogP contribution in [0.4, 0.5) is 0 Å². The molecule has 3 rings (SSSR count). The van der Waals surface area contributed by atoms with Gasteiger partial charge in [-0.3, -0.25) is 4.98 Å². The van der Waals surface area contributed by atoms with Crippen LogP contribution in [0.3, 0.4) is 0 Å². The van der Waals surface area contributed by atoms with Gasteiger partial charge >= 0.3 is 0 Å². The third-order valence-electron chi connectivity index (χ3n) is 3.41. The topological polar surface area (TPSA) is 12.9 Å². The number of hydrogen-bond acceptors (Lipinski definition) is 1. The van der Waals surface area contributed by atoms with E-state index < -0.39 is 0 Å². The largest absolute Gasteiger partial charge is 0.265 e. The molecule has 0 radical (unpaired) electrons. The average molecular weight is 339 g/mol. The lowest BCUT2D eigenvalue weighted by Gasteiger charge is -1.96. The van der Waals surface area contributed by atoms with Crippen LogP contribution < -0.4 is 0 Å². The molecule has 0 bridgehead atoms. The standard InChI is InChI=1S/C10H10.C8H8.C7H7N/c1-3-9-7-5-6-8-10(9)4-2;1-2-8-6-4-3-5-7-8;1-2-7-3-5-8-6-4-7/h3-8H,1-2H2;2-7H,1H2;2-6H,1H2. The third kappa shape index (κ3) is 7.89. The van der Waals surface area contributed by atoms with Crippen molar-refractivity contribution in [2.75, 3.05) is 0 Å². The van der Waals surface area contributed by atoms with Crippen molar-refractivity contribution in [1.29, 1.82) is 0 Å². The van der Waals surface area contributed by atoms with E-state index in [0.717, 1.165) is 16.7 Å². The SMILES string of the molecule is C=Cc1ccccc1.C=Cc1ccccc1C=C.C=Cc1ccncc1. The first-order valence-corrected chi connectivity index (χ1v) is 8.29. The molecule has 0 N–H and O–H groups in total. The van der Waals surface area contributed by atoms with E-state index in [1.54, 1.807) is 18.5 Å². The fraction of sp³-hybridized carbons (Fsp3) is 0. The molecule has 0 aliphatic heterocycles. The molecule has 130 valence electrons. The minimum atomic E-state index is 1.11. The van der Waals surface area contributed by atoms with E-state index in [1.807, 2.05) is 85.0 Å². The summed E-state index contributed by atoms with van der Waals surface area (Å²) in [4.78, 5) is 3.85. The average Bonchev–Trinajstić information content (AvgIpc) is 2.75. The fourth-order valence-electron chi connectivity index (χ4n) is 1.97. The Hall–Kier alpha value is -3.45. The van der Waals surface area contributed by atoms with E-state index in [2.05, 4.69) is 31.3 Å². The Bertz CT molecular complexity index is 731. The minimum Gasteiger partial charge on any atom is -0.265 e. The summed E-state index contributed by atoms with van der Waals surface area (Å²) in [5, 5.41) is 0. The fourth-order valence-corrected chi connectivity index (χ4v) is 1.97. The van der Waals surface area contributed by atoms with Gasteiger partial charge in [0.2, 0.25) is 0 Å². The van der Waals surface area contributed by atoms with E-state index in [9.17, 15) is 0 Å². The highest BCUT2D eigenvalue weighted by atomic mass is 14.6. The Morgan fingerprint density at radius 1 is 0.500 bits per heavy atom. The highest BCUT2D eigenvalue weighted by Gasteiger charge is 1.89. The maximum Gasteiger partial charge on any atom is 0.0273 e. The van der Waals surface area contributed by atoms with E-state index in [-0.39, 0.29) is 0 Å². The van der Waals surface area contributed by atoms with Crippen molar-refractivity contribution in [2.45, 2.75) is 0 Å². The molecule has 0 saturated carbocycles. The molecular formula is C25H25N. The molecule has 0 fully saturated rings. The molecule has 1 heteroatoms.